The van der Waals surface area contributed by atoms with Gasteiger partial charge in [-0.25, -0.2) is 0 Å². The van der Waals surface area contributed by atoms with Crippen LogP contribution in [-0.4, -0.2) is 10.8 Å². The van der Waals surface area contributed by atoms with Crippen LogP contribution in [0.4, 0.5) is 5.69 Å². The van der Waals surface area contributed by atoms with Crippen LogP contribution in [0, 0.1) is 13.7 Å². The van der Waals surface area contributed by atoms with Gasteiger partial charge in [0.05, 0.1) is 10.5 Å². The summed E-state index contributed by atoms with van der Waals surface area (Å²) >= 11 is 5.48. The summed E-state index contributed by atoms with van der Waals surface area (Å²) in [5.74, 6) is -0.196. The lowest BCUT2D eigenvalue weighted by atomic mass is 10.2. The molecule has 0 bridgehead atoms. The van der Waals surface area contributed by atoms with Gasteiger partial charge in [-0.2, -0.15) is 0 Å². The SMILES string of the molecule is O=C(NCc1ccc([N+](=O)[O-])cc1)c1cc(I)ccc1Br. The first-order valence-corrected chi connectivity index (χ1v) is 7.81. The van der Waals surface area contributed by atoms with Gasteiger partial charge in [0.15, 0.2) is 0 Å². The number of nitro benzene ring substituents is 1. The van der Waals surface area contributed by atoms with Crippen LogP contribution in [0.3, 0.4) is 0 Å². The summed E-state index contributed by atoms with van der Waals surface area (Å²) in [4.78, 5) is 22.2. The summed E-state index contributed by atoms with van der Waals surface area (Å²) in [5, 5.41) is 13.4. The number of carbonyl (C=O) groups is 1. The van der Waals surface area contributed by atoms with E-state index in [9.17, 15) is 14.9 Å². The minimum atomic E-state index is -0.453. The van der Waals surface area contributed by atoms with Gasteiger partial charge in [0, 0.05) is 26.7 Å². The molecule has 0 saturated heterocycles. The van der Waals surface area contributed by atoms with E-state index < -0.39 is 4.92 Å². The fourth-order valence-electron chi connectivity index (χ4n) is 1.68. The first-order valence-electron chi connectivity index (χ1n) is 5.94. The van der Waals surface area contributed by atoms with Gasteiger partial charge in [0.1, 0.15) is 0 Å². The van der Waals surface area contributed by atoms with Crippen LogP contribution in [0.1, 0.15) is 15.9 Å². The van der Waals surface area contributed by atoms with Crippen molar-refractivity contribution >= 4 is 50.1 Å². The molecule has 2 rings (SSSR count). The second kappa shape index (κ2) is 6.99. The molecule has 108 valence electrons. The largest absolute Gasteiger partial charge is 0.348 e. The average molecular weight is 461 g/mol. The lowest BCUT2D eigenvalue weighted by Gasteiger charge is -2.07. The van der Waals surface area contributed by atoms with Crippen molar-refractivity contribution < 1.29 is 9.72 Å². The highest BCUT2D eigenvalue weighted by Gasteiger charge is 2.10. The Balaban J connectivity index is 2.04. The van der Waals surface area contributed by atoms with Gasteiger partial charge in [-0.3, -0.25) is 14.9 Å². The predicted octanol–water partition coefficient (Wildman–Crippen LogP) is 3.89. The molecule has 0 aromatic heterocycles. The molecule has 7 heteroatoms. The summed E-state index contributed by atoms with van der Waals surface area (Å²) < 4.78 is 1.69. The second-order valence-electron chi connectivity index (χ2n) is 4.23. The summed E-state index contributed by atoms with van der Waals surface area (Å²) in [7, 11) is 0. The molecular weight excluding hydrogens is 451 g/mol. The van der Waals surface area contributed by atoms with Crippen molar-refractivity contribution in [2.24, 2.45) is 0 Å². The van der Waals surface area contributed by atoms with E-state index in [1.54, 1.807) is 18.2 Å². The summed E-state index contributed by atoms with van der Waals surface area (Å²) in [6.07, 6.45) is 0. The van der Waals surface area contributed by atoms with Crippen LogP contribution < -0.4 is 5.32 Å². The van der Waals surface area contributed by atoms with Crippen molar-refractivity contribution in [3.8, 4) is 0 Å². The minimum absolute atomic E-state index is 0.0328. The molecule has 5 nitrogen and oxygen atoms in total. The average Bonchev–Trinajstić information content (AvgIpc) is 2.47. The number of carbonyl (C=O) groups excluding carboxylic acids is 1. The molecule has 2 aromatic carbocycles. The Bertz CT molecular complexity index is 689. The van der Waals surface area contributed by atoms with E-state index in [0.29, 0.717) is 12.1 Å². The van der Waals surface area contributed by atoms with Gasteiger partial charge in [0.2, 0.25) is 0 Å². The van der Waals surface area contributed by atoms with Crippen molar-refractivity contribution in [2.75, 3.05) is 0 Å². The van der Waals surface area contributed by atoms with Gasteiger partial charge in [-0.05, 0) is 62.3 Å². The maximum absolute atomic E-state index is 12.1. The third kappa shape index (κ3) is 4.24. The first-order chi connectivity index (χ1) is 9.97. The van der Waals surface area contributed by atoms with Gasteiger partial charge < -0.3 is 5.32 Å². The maximum atomic E-state index is 12.1. The number of rotatable bonds is 4. The van der Waals surface area contributed by atoms with E-state index in [0.717, 1.165) is 13.6 Å². The quantitative estimate of drug-likeness (QED) is 0.427. The van der Waals surface area contributed by atoms with Crippen LogP contribution in [0.5, 0.6) is 0 Å². The van der Waals surface area contributed by atoms with Crippen LogP contribution in [0.25, 0.3) is 0 Å². The van der Waals surface area contributed by atoms with Crippen LogP contribution in [0.15, 0.2) is 46.9 Å². The normalized spacial score (nSPS) is 10.2. The van der Waals surface area contributed by atoms with Crippen LogP contribution in [-0.2, 0) is 6.54 Å². The molecule has 21 heavy (non-hydrogen) atoms. The van der Waals surface area contributed by atoms with Crippen molar-refractivity contribution in [3.63, 3.8) is 0 Å². The third-order valence-corrected chi connectivity index (χ3v) is 4.14. The van der Waals surface area contributed by atoms with Gasteiger partial charge in [-0.1, -0.05) is 12.1 Å². The fraction of sp³-hybridized carbons (Fsp3) is 0.0714. The van der Waals surface area contributed by atoms with Gasteiger partial charge in [-0.15, -0.1) is 0 Å². The van der Waals surface area contributed by atoms with Crippen molar-refractivity contribution in [1.29, 1.82) is 0 Å². The smallest absolute Gasteiger partial charge is 0.269 e. The predicted molar refractivity (Wildman–Crippen MR) is 91.1 cm³/mol. The Morgan fingerprint density at radius 2 is 1.90 bits per heavy atom. The number of amides is 1. The molecule has 1 N–H and O–H groups in total. The number of hydrogen-bond acceptors (Lipinski definition) is 3. The highest BCUT2D eigenvalue weighted by atomic mass is 127. The Labute approximate surface area is 143 Å². The monoisotopic (exact) mass is 460 g/mol. The number of non-ortho nitro benzene ring substituents is 1. The molecule has 0 saturated carbocycles. The zero-order valence-corrected chi connectivity index (χ0v) is 14.4. The van der Waals surface area contributed by atoms with Crippen molar-refractivity contribution in [2.45, 2.75) is 6.54 Å². The van der Waals surface area contributed by atoms with Gasteiger partial charge >= 0.3 is 0 Å². The van der Waals surface area contributed by atoms with E-state index in [1.807, 2.05) is 12.1 Å². The van der Waals surface area contributed by atoms with E-state index in [4.69, 9.17) is 0 Å². The molecular formula is C14H10BrIN2O3. The molecule has 0 fully saturated rings. The number of nitro groups is 1. The van der Waals surface area contributed by atoms with Gasteiger partial charge in [0.25, 0.3) is 11.6 Å². The molecule has 0 spiro atoms. The highest BCUT2D eigenvalue weighted by molar-refractivity contribution is 14.1. The van der Waals surface area contributed by atoms with Crippen LogP contribution in [0.2, 0.25) is 0 Å². The lowest BCUT2D eigenvalue weighted by Crippen LogP contribution is -2.23. The minimum Gasteiger partial charge on any atom is -0.348 e. The maximum Gasteiger partial charge on any atom is 0.269 e. The van der Waals surface area contributed by atoms with E-state index in [2.05, 4.69) is 43.8 Å². The lowest BCUT2D eigenvalue weighted by molar-refractivity contribution is -0.384. The first kappa shape index (κ1) is 15.9. The van der Waals surface area contributed by atoms with Crippen molar-refractivity contribution in [3.05, 3.63) is 71.7 Å². The molecule has 0 radical (unpaired) electrons. The molecule has 1 amide bonds. The molecule has 0 heterocycles. The Kier molecular flexibility index (Phi) is 5.29. The number of benzene rings is 2. The van der Waals surface area contributed by atoms with Crippen molar-refractivity contribution in [1.82, 2.24) is 5.32 Å². The molecule has 0 unspecified atom stereocenters. The Morgan fingerprint density at radius 1 is 1.24 bits per heavy atom. The Hall–Kier alpha value is -1.48. The number of halogens is 2. The molecule has 2 aromatic rings. The molecule has 0 aliphatic carbocycles. The Morgan fingerprint density at radius 3 is 2.52 bits per heavy atom. The molecule has 0 atom stereocenters. The number of nitrogens with one attached hydrogen (secondary N) is 1. The fourth-order valence-corrected chi connectivity index (χ4v) is 2.60. The zero-order chi connectivity index (χ0) is 15.4. The summed E-state index contributed by atoms with van der Waals surface area (Å²) in [5.41, 5.74) is 1.39. The van der Waals surface area contributed by atoms with E-state index in [-0.39, 0.29) is 11.6 Å². The summed E-state index contributed by atoms with van der Waals surface area (Å²) in [6.45, 7) is 0.314. The standard InChI is InChI=1S/C14H10BrIN2O3/c15-13-6-3-10(16)7-12(13)14(19)17-8-9-1-4-11(5-2-9)18(20)21/h1-7H,8H2,(H,17,19). The third-order valence-electron chi connectivity index (χ3n) is 2.77. The van der Waals surface area contributed by atoms with E-state index >= 15 is 0 Å². The molecule has 0 aliphatic rings. The molecule has 0 aliphatic heterocycles. The number of nitrogens with zero attached hydrogens (tertiary/aromatic N) is 1. The summed E-state index contributed by atoms with van der Waals surface area (Å²) in [6, 6.07) is 11.6. The number of hydrogen-bond donors (Lipinski definition) is 1. The topological polar surface area (TPSA) is 72.2 Å². The zero-order valence-electron chi connectivity index (χ0n) is 10.7. The second-order valence-corrected chi connectivity index (χ2v) is 6.33. The van der Waals surface area contributed by atoms with E-state index in [1.165, 1.54) is 12.1 Å². The van der Waals surface area contributed by atoms with Crippen LogP contribution >= 0.6 is 38.5 Å². The highest BCUT2D eigenvalue weighted by Crippen LogP contribution is 2.19.